The standard InChI is InChI=1S/C9H13NO2/c1-4-7-8(11-2)5-10-6-9(7)12-3/h5-6H,4H2,1-3H3. The molecule has 0 aliphatic carbocycles. The van der Waals surface area contributed by atoms with Gasteiger partial charge in [0.1, 0.15) is 11.5 Å². The zero-order valence-corrected chi connectivity index (χ0v) is 7.63. The van der Waals surface area contributed by atoms with Crippen molar-refractivity contribution in [1.29, 1.82) is 0 Å². The molecule has 0 aliphatic rings. The van der Waals surface area contributed by atoms with Crippen molar-refractivity contribution in [2.75, 3.05) is 14.2 Å². The van der Waals surface area contributed by atoms with Crippen LogP contribution in [-0.4, -0.2) is 19.2 Å². The van der Waals surface area contributed by atoms with Gasteiger partial charge in [-0.1, -0.05) is 6.92 Å². The molecular weight excluding hydrogens is 154 g/mol. The van der Waals surface area contributed by atoms with Gasteiger partial charge >= 0.3 is 0 Å². The number of methoxy groups -OCH3 is 2. The van der Waals surface area contributed by atoms with E-state index in [9.17, 15) is 0 Å². The number of rotatable bonds is 3. The molecule has 12 heavy (non-hydrogen) atoms. The Labute approximate surface area is 72.3 Å². The van der Waals surface area contributed by atoms with Crippen LogP contribution in [-0.2, 0) is 6.42 Å². The molecule has 0 atom stereocenters. The summed E-state index contributed by atoms with van der Waals surface area (Å²) in [5.41, 5.74) is 1.06. The highest BCUT2D eigenvalue weighted by atomic mass is 16.5. The van der Waals surface area contributed by atoms with Crippen LogP contribution in [0.3, 0.4) is 0 Å². The van der Waals surface area contributed by atoms with Gasteiger partial charge in [0.15, 0.2) is 0 Å². The van der Waals surface area contributed by atoms with Gasteiger partial charge in [-0.2, -0.15) is 0 Å². The van der Waals surface area contributed by atoms with Crippen LogP contribution in [0.15, 0.2) is 12.4 Å². The molecular formula is C9H13NO2. The molecule has 0 radical (unpaired) electrons. The van der Waals surface area contributed by atoms with Gasteiger partial charge in [0.2, 0.25) is 0 Å². The van der Waals surface area contributed by atoms with Crippen molar-refractivity contribution in [3.8, 4) is 11.5 Å². The minimum atomic E-state index is 0.789. The molecule has 0 saturated carbocycles. The number of hydrogen-bond acceptors (Lipinski definition) is 3. The van der Waals surface area contributed by atoms with Crippen LogP contribution in [0.4, 0.5) is 0 Å². The Bertz CT molecular complexity index is 238. The largest absolute Gasteiger partial charge is 0.495 e. The first-order valence-corrected chi connectivity index (χ1v) is 3.88. The van der Waals surface area contributed by atoms with E-state index in [1.165, 1.54) is 0 Å². The molecule has 1 heterocycles. The molecule has 0 aliphatic heterocycles. The van der Waals surface area contributed by atoms with E-state index in [0.717, 1.165) is 23.5 Å². The van der Waals surface area contributed by atoms with E-state index in [4.69, 9.17) is 9.47 Å². The van der Waals surface area contributed by atoms with Gasteiger partial charge in [0.05, 0.1) is 26.6 Å². The molecule has 1 rings (SSSR count). The smallest absolute Gasteiger partial charge is 0.144 e. The third-order valence-corrected chi connectivity index (χ3v) is 1.77. The molecule has 0 saturated heterocycles. The van der Waals surface area contributed by atoms with Crippen molar-refractivity contribution < 1.29 is 9.47 Å². The summed E-state index contributed by atoms with van der Waals surface area (Å²) in [6, 6.07) is 0. The first-order valence-electron chi connectivity index (χ1n) is 3.88. The topological polar surface area (TPSA) is 31.4 Å². The minimum Gasteiger partial charge on any atom is -0.495 e. The lowest BCUT2D eigenvalue weighted by Gasteiger charge is -2.09. The molecule has 0 N–H and O–H groups in total. The van der Waals surface area contributed by atoms with Gasteiger partial charge in [0, 0.05) is 5.56 Å². The Morgan fingerprint density at radius 2 is 1.67 bits per heavy atom. The zero-order valence-electron chi connectivity index (χ0n) is 7.63. The van der Waals surface area contributed by atoms with Gasteiger partial charge < -0.3 is 9.47 Å². The highest BCUT2D eigenvalue weighted by Gasteiger charge is 2.06. The van der Waals surface area contributed by atoms with Crippen molar-refractivity contribution in [1.82, 2.24) is 4.98 Å². The van der Waals surface area contributed by atoms with Crippen LogP contribution in [0.2, 0.25) is 0 Å². The third kappa shape index (κ3) is 1.49. The summed E-state index contributed by atoms with van der Waals surface area (Å²) < 4.78 is 10.3. The first-order chi connectivity index (χ1) is 5.83. The molecule has 66 valence electrons. The van der Waals surface area contributed by atoms with E-state index in [1.807, 2.05) is 0 Å². The van der Waals surface area contributed by atoms with Crippen LogP contribution < -0.4 is 9.47 Å². The average molecular weight is 167 g/mol. The van der Waals surface area contributed by atoms with E-state index in [2.05, 4.69) is 11.9 Å². The van der Waals surface area contributed by atoms with Crippen LogP contribution >= 0.6 is 0 Å². The highest BCUT2D eigenvalue weighted by Crippen LogP contribution is 2.26. The second kappa shape index (κ2) is 3.95. The van der Waals surface area contributed by atoms with E-state index in [-0.39, 0.29) is 0 Å². The number of nitrogens with zero attached hydrogens (tertiary/aromatic N) is 1. The lowest BCUT2D eigenvalue weighted by Crippen LogP contribution is -1.96. The molecule has 0 fully saturated rings. The van der Waals surface area contributed by atoms with E-state index < -0.39 is 0 Å². The summed E-state index contributed by atoms with van der Waals surface area (Å²) in [4.78, 5) is 3.98. The Morgan fingerprint density at radius 1 is 1.17 bits per heavy atom. The fourth-order valence-corrected chi connectivity index (χ4v) is 1.15. The van der Waals surface area contributed by atoms with Gasteiger partial charge in [0.25, 0.3) is 0 Å². The predicted octanol–water partition coefficient (Wildman–Crippen LogP) is 1.66. The SMILES string of the molecule is CCc1c(OC)cncc1OC. The average Bonchev–Trinajstić information content (AvgIpc) is 2.16. The molecule has 1 aromatic rings. The molecule has 3 nitrogen and oxygen atoms in total. The molecule has 0 spiro atoms. The lowest BCUT2D eigenvalue weighted by atomic mass is 10.2. The van der Waals surface area contributed by atoms with Crippen molar-refractivity contribution in [3.63, 3.8) is 0 Å². The summed E-state index contributed by atoms with van der Waals surface area (Å²) in [5.74, 6) is 1.58. The summed E-state index contributed by atoms with van der Waals surface area (Å²) in [6.45, 7) is 2.06. The Hall–Kier alpha value is -1.25. The maximum atomic E-state index is 5.14. The van der Waals surface area contributed by atoms with Crippen molar-refractivity contribution in [2.24, 2.45) is 0 Å². The van der Waals surface area contributed by atoms with Crippen molar-refractivity contribution in [3.05, 3.63) is 18.0 Å². The second-order valence-corrected chi connectivity index (χ2v) is 2.38. The molecule has 1 aromatic heterocycles. The monoisotopic (exact) mass is 167 g/mol. The Balaban J connectivity index is 3.13. The second-order valence-electron chi connectivity index (χ2n) is 2.38. The Morgan fingerprint density at radius 3 is 2.00 bits per heavy atom. The quantitative estimate of drug-likeness (QED) is 0.686. The maximum Gasteiger partial charge on any atom is 0.144 e. The van der Waals surface area contributed by atoms with Gasteiger partial charge in [-0.3, -0.25) is 4.98 Å². The molecule has 0 unspecified atom stereocenters. The summed E-state index contributed by atoms with van der Waals surface area (Å²) in [6.07, 6.45) is 4.28. The van der Waals surface area contributed by atoms with Gasteiger partial charge in [-0.15, -0.1) is 0 Å². The Kier molecular flexibility index (Phi) is 2.91. The van der Waals surface area contributed by atoms with E-state index in [1.54, 1.807) is 26.6 Å². The third-order valence-electron chi connectivity index (χ3n) is 1.77. The molecule has 3 heteroatoms. The molecule has 0 bridgehead atoms. The fraction of sp³-hybridized carbons (Fsp3) is 0.444. The number of hydrogen-bond donors (Lipinski definition) is 0. The van der Waals surface area contributed by atoms with E-state index in [0.29, 0.717) is 0 Å². The summed E-state index contributed by atoms with van der Waals surface area (Å²) >= 11 is 0. The normalized spacial score (nSPS) is 9.58. The summed E-state index contributed by atoms with van der Waals surface area (Å²) in [7, 11) is 3.27. The minimum absolute atomic E-state index is 0.789. The highest BCUT2D eigenvalue weighted by molar-refractivity contribution is 5.41. The lowest BCUT2D eigenvalue weighted by molar-refractivity contribution is 0.382. The number of ether oxygens (including phenoxy) is 2. The van der Waals surface area contributed by atoms with Gasteiger partial charge in [-0.05, 0) is 6.42 Å². The molecule has 0 aromatic carbocycles. The van der Waals surface area contributed by atoms with Crippen molar-refractivity contribution >= 4 is 0 Å². The fourth-order valence-electron chi connectivity index (χ4n) is 1.15. The van der Waals surface area contributed by atoms with E-state index >= 15 is 0 Å². The predicted molar refractivity (Wildman–Crippen MR) is 46.7 cm³/mol. The van der Waals surface area contributed by atoms with Crippen LogP contribution in [0, 0.1) is 0 Å². The zero-order chi connectivity index (χ0) is 8.97. The number of aromatic nitrogens is 1. The van der Waals surface area contributed by atoms with Gasteiger partial charge in [-0.25, -0.2) is 0 Å². The maximum absolute atomic E-state index is 5.14. The van der Waals surface area contributed by atoms with Crippen LogP contribution in [0.1, 0.15) is 12.5 Å². The van der Waals surface area contributed by atoms with Crippen LogP contribution in [0.25, 0.3) is 0 Å². The summed E-state index contributed by atoms with van der Waals surface area (Å²) in [5, 5.41) is 0. The van der Waals surface area contributed by atoms with Crippen LogP contribution in [0.5, 0.6) is 11.5 Å². The number of pyridine rings is 1. The first kappa shape index (κ1) is 8.84. The van der Waals surface area contributed by atoms with Crippen molar-refractivity contribution in [2.45, 2.75) is 13.3 Å². The molecule has 0 amide bonds.